The lowest BCUT2D eigenvalue weighted by Gasteiger charge is -2.27. The van der Waals surface area contributed by atoms with Crippen LogP contribution in [0, 0.1) is 0 Å². The predicted molar refractivity (Wildman–Crippen MR) is 163 cm³/mol. The first kappa shape index (κ1) is 28.6. The van der Waals surface area contributed by atoms with Crippen molar-refractivity contribution in [3.63, 3.8) is 0 Å². The van der Waals surface area contributed by atoms with Crippen LogP contribution in [0.3, 0.4) is 0 Å². The molecular weight excluding hydrogens is 568 g/mol. The maximum atomic E-state index is 14.1. The zero-order chi connectivity index (χ0) is 30.1. The molecule has 4 aromatic rings. The fraction of sp³-hybridized carbons (Fsp3) is 0.312. The van der Waals surface area contributed by atoms with E-state index in [1.807, 2.05) is 58.1 Å². The minimum absolute atomic E-state index is 0.0245. The van der Waals surface area contributed by atoms with Crippen LogP contribution in [0.25, 0.3) is 17.0 Å². The number of esters is 1. The minimum Gasteiger partial charge on any atom is -0.497 e. The number of aromatic nitrogens is 2. The van der Waals surface area contributed by atoms with Crippen LogP contribution in [-0.4, -0.2) is 65.9 Å². The molecule has 0 spiro atoms. The van der Waals surface area contributed by atoms with E-state index in [9.17, 15) is 14.4 Å². The summed E-state index contributed by atoms with van der Waals surface area (Å²) < 4.78 is 20.1. The van der Waals surface area contributed by atoms with Gasteiger partial charge in [0, 0.05) is 35.8 Å². The summed E-state index contributed by atoms with van der Waals surface area (Å²) in [7, 11) is 1.59. The molecular formula is C32H32N4O6S. The van der Waals surface area contributed by atoms with E-state index in [0.717, 1.165) is 22.0 Å². The van der Waals surface area contributed by atoms with E-state index in [1.54, 1.807) is 37.7 Å². The molecule has 0 N–H and O–H groups in total. The molecule has 6 rings (SSSR count). The largest absolute Gasteiger partial charge is 0.497 e. The number of hydrogen-bond acceptors (Lipinski definition) is 8. The fourth-order valence-electron chi connectivity index (χ4n) is 5.61. The summed E-state index contributed by atoms with van der Waals surface area (Å²) in [6, 6.07) is 14.4. The first-order chi connectivity index (χ1) is 20.9. The third-order valence-electron chi connectivity index (χ3n) is 7.72. The number of para-hydroxylation sites is 1. The summed E-state index contributed by atoms with van der Waals surface area (Å²) in [5, 5.41) is 0.929. The highest BCUT2D eigenvalue weighted by Crippen LogP contribution is 2.31. The molecule has 1 atom stereocenters. The second-order valence-electron chi connectivity index (χ2n) is 10.3. The second-order valence-corrected chi connectivity index (χ2v) is 11.3. The molecule has 1 fully saturated rings. The van der Waals surface area contributed by atoms with E-state index in [4.69, 9.17) is 14.2 Å². The van der Waals surface area contributed by atoms with Crippen LogP contribution in [0.5, 0.6) is 5.75 Å². The number of allylic oxidation sites excluding steroid dienone is 1. The van der Waals surface area contributed by atoms with Crippen molar-refractivity contribution in [2.75, 3.05) is 40.0 Å². The molecule has 2 aromatic carbocycles. The molecule has 2 aliphatic heterocycles. The van der Waals surface area contributed by atoms with Crippen molar-refractivity contribution in [1.82, 2.24) is 14.0 Å². The third-order valence-corrected chi connectivity index (χ3v) is 8.71. The third kappa shape index (κ3) is 5.41. The molecule has 0 radical (unpaired) electrons. The minimum atomic E-state index is -0.712. The standard InChI is InChI=1S/C32H32N4O6S/c1-4-42-31(39)28-20(2)33-32-36(29(28)21-9-11-23(40-3)12-10-21)30(38)26(43-32)17-22-18-35(25-8-6-5-7-24(22)25)19-27(37)34-13-15-41-16-14-34/h5-12,17-18,29H,4,13-16,19H2,1-3H3/b26-17+/t29-/m0/s1. The van der Waals surface area contributed by atoms with Crippen molar-refractivity contribution in [2.24, 2.45) is 4.99 Å². The summed E-state index contributed by atoms with van der Waals surface area (Å²) in [4.78, 5) is 47.3. The number of morpholine rings is 1. The van der Waals surface area contributed by atoms with Gasteiger partial charge in [-0.05, 0) is 43.7 Å². The lowest BCUT2D eigenvalue weighted by molar-refractivity contribution is -0.139. The molecule has 0 unspecified atom stereocenters. The zero-order valence-electron chi connectivity index (χ0n) is 24.2. The zero-order valence-corrected chi connectivity index (χ0v) is 25.1. The Morgan fingerprint density at radius 3 is 2.58 bits per heavy atom. The van der Waals surface area contributed by atoms with Gasteiger partial charge in [0.1, 0.15) is 12.3 Å². The van der Waals surface area contributed by atoms with E-state index in [0.29, 0.717) is 52.7 Å². The van der Waals surface area contributed by atoms with Crippen molar-refractivity contribution in [2.45, 2.75) is 26.4 Å². The van der Waals surface area contributed by atoms with Gasteiger partial charge in [-0.1, -0.05) is 41.7 Å². The predicted octanol–water partition coefficient (Wildman–Crippen LogP) is 2.62. The smallest absolute Gasteiger partial charge is 0.338 e. The van der Waals surface area contributed by atoms with Crippen molar-refractivity contribution >= 4 is 40.2 Å². The molecule has 2 aromatic heterocycles. The first-order valence-electron chi connectivity index (χ1n) is 14.2. The molecule has 11 heteroatoms. The first-order valence-corrected chi connectivity index (χ1v) is 15.0. The van der Waals surface area contributed by atoms with Gasteiger partial charge in [0.15, 0.2) is 4.80 Å². The van der Waals surface area contributed by atoms with Crippen LogP contribution in [0.2, 0.25) is 0 Å². The molecule has 2 aliphatic rings. The Hall–Kier alpha value is -4.48. The van der Waals surface area contributed by atoms with Crippen LogP contribution in [0.1, 0.15) is 31.0 Å². The van der Waals surface area contributed by atoms with Gasteiger partial charge in [-0.25, -0.2) is 9.79 Å². The summed E-state index contributed by atoms with van der Waals surface area (Å²) in [6.45, 7) is 6.14. The topological polar surface area (TPSA) is 104 Å². The summed E-state index contributed by atoms with van der Waals surface area (Å²) >= 11 is 1.27. The SMILES string of the molecule is CCOC(=O)C1=C(C)N=c2s/c(=C/c3cn(CC(=O)N4CCOCC4)c4ccccc34)c(=O)n2[C@H]1c1ccc(OC)cc1. The molecule has 10 nitrogen and oxygen atoms in total. The number of fused-ring (bicyclic) bond motifs is 2. The molecule has 0 aliphatic carbocycles. The number of thiazole rings is 1. The maximum Gasteiger partial charge on any atom is 0.338 e. The van der Waals surface area contributed by atoms with Crippen LogP contribution < -0.4 is 19.6 Å². The van der Waals surface area contributed by atoms with Crippen molar-refractivity contribution < 1.29 is 23.8 Å². The van der Waals surface area contributed by atoms with Crippen molar-refractivity contribution in [3.05, 3.63) is 96.8 Å². The lowest BCUT2D eigenvalue weighted by atomic mass is 9.96. The quantitative estimate of drug-likeness (QED) is 0.302. The number of rotatable bonds is 7. The Morgan fingerprint density at radius 2 is 1.86 bits per heavy atom. The van der Waals surface area contributed by atoms with E-state index < -0.39 is 12.0 Å². The fourth-order valence-corrected chi connectivity index (χ4v) is 6.65. The van der Waals surface area contributed by atoms with Crippen molar-refractivity contribution in [1.29, 1.82) is 0 Å². The average Bonchev–Trinajstić information content (AvgIpc) is 3.53. The number of hydrogen-bond donors (Lipinski definition) is 0. The average molecular weight is 601 g/mol. The number of carbonyl (C=O) groups is 2. The lowest BCUT2D eigenvalue weighted by Crippen LogP contribution is -2.42. The molecule has 222 valence electrons. The van der Waals surface area contributed by atoms with Crippen molar-refractivity contribution in [3.8, 4) is 5.75 Å². The van der Waals surface area contributed by atoms with Gasteiger partial charge in [0.25, 0.3) is 5.56 Å². The highest BCUT2D eigenvalue weighted by atomic mass is 32.1. The summed E-state index contributed by atoms with van der Waals surface area (Å²) in [5.41, 5.74) is 3.02. The molecule has 0 saturated carbocycles. The summed E-state index contributed by atoms with van der Waals surface area (Å²) in [6.07, 6.45) is 3.76. The molecule has 1 saturated heterocycles. The Morgan fingerprint density at radius 1 is 1.12 bits per heavy atom. The van der Waals surface area contributed by atoms with Crippen LogP contribution in [0.4, 0.5) is 0 Å². The van der Waals surface area contributed by atoms with Gasteiger partial charge in [-0.2, -0.15) is 0 Å². The van der Waals surface area contributed by atoms with Gasteiger partial charge in [0.05, 0.1) is 48.8 Å². The Labute approximate surface area is 251 Å². The van der Waals surface area contributed by atoms with Gasteiger partial charge in [-0.15, -0.1) is 0 Å². The van der Waals surface area contributed by atoms with Gasteiger partial charge < -0.3 is 23.7 Å². The Balaban J connectivity index is 1.46. The van der Waals surface area contributed by atoms with E-state index in [2.05, 4.69) is 4.99 Å². The highest BCUT2D eigenvalue weighted by molar-refractivity contribution is 7.07. The van der Waals surface area contributed by atoms with Gasteiger partial charge >= 0.3 is 5.97 Å². The number of benzene rings is 2. The van der Waals surface area contributed by atoms with Crippen LogP contribution >= 0.6 is 11.3 Å². The number of amides is 1. The number of nitrogens with zero attached hydrogens (tertiary/aromatic N) is 4. The van der Waals surface area contributed by atoms with E-state index in [1.165, 1.54) is 11.3 Å². The number of methoxy groups -OCH3 is 1. The molecule has 4 heterocycles. The number of ether oxygens (including phenoxy) is 3. The highest BCUT2D eigenvalue weighted by Gasteiger charge is 2.33. The van der Waals surface area contributed by atoms with Crippen LogP contribution in [0.15, 0.2) is 75.8 Å². The number of carbonyl (C=O) groups excluding carboxylic acids is 2. The van der Waals surface area contributed by atoms with Gasteiger partial charge in [-0.3, -0.25) is 14.2 Å². The Kier molecular flexibility index (Phi) is 8.00. The maximum absolute atomic E-state index is 14.1. The monoisotopic (exact) mass is 600 g/mol. The molecule has 0 bridgehead atoms. The molecule has 43 heavy (non-hydrogen) atoms. The van der Waals surface area contributed by atoms with Gasteiger partial charge in [0.2, 0.25) is 5.91 Å². The Bertz CT molecular complexity index is 1910. The summed E-state index contributed by atoms with van der Waals surface area (Å²) in [5.74, 6) is 0.182. The molecule has 1 amide bonds. The van der Waals surface area contributed by atoms with Crippen LogP contribution in [-0.2, 0) is 25.6 Å². The van der Waals surface area contributed by atoms with E-state index >= 15 is 0 Å². The van der Waals surface area contributed by atoms with E-state index in [-0.39, 0.29) is 24.6 Å². The second kappa shape index (κ2) is 12.0. The normalized spacial score (nSPS) is 17.1.